The average molecular weight is 405 g/mol. The first-order chi connectivity index (χ1) is 14.5. The second kappa shape index (κ2) is 8.40. The Labute approximate surface area is 177 Å². The van der Waals surface area contributed by atoms with Crippen LogP contribution in [0.4, 0.5) is 0 Å². The van der Waals surface area contributed by atoms with Gasteiger partial charge in [0.2, 0.25) is 0 Å². The molecule has 1 amide bonds. The number of aryl methyl sites for hydroxylation is 1. The molecule has 6 nitrogen and oxygen atoms in total. The lowest BCUT2D eigenvalue weighted by molar-refractivity contribution is 0.0704. The molecule has 0 bridgehead atoms. The molecule has 4 rings (SSSR count). The lowest BCUT2D eigenvalue weighted by Crippen LogP contribution is -2.39. The second-order valence-corrected chi connectivity index (χ2v) is 8.03. The predicted octanol–water partition coefficient (Wildman–Crippen LogP) is 3.61. The third-order valence-corrected chi connectivity index (χ3v) is 6.12. The van der Waals surface area contributed by atoms with E-state index in [0.717, 1.165) is 53.2 Å². The molecule has 0 radical (unpaired) electrons. The molecule has 1 aliphatic rings. The number of rotatable bonds is 4. The topological polar surface area (TPSA) is 71.2 Å². The fourth-order valence-electron chi connectivity index (χ4n) is 4.34. The van der Waals surface area contributed by atoms with Crippen LogP contribution in [0.3, 0.4) is 0 Å². The molecule has 1 atom stereocenters. The van der Waals surface area contributed by atoms with Crippen LogP contribution in [0, 0.1) is 13.8 Å². The van der Waals surface area contributed by atoms with Gasteiger partial charge in [-0.2, -0.15) is 0 Å². The number of carbonyl (C=O) groups excluding carboxylic acids is 1. The molecule has 2 aromatic heterocycles. The van der Waals surface area contributed by atoms with Crippen LogP contribution in [0.1, 0.15) is 51.9 Å². The first kappa shape index (κ1) is 20.3. The molecule has 1 N–H and O–H groups in total. The number of hydrogen-bond acceptors (Lipinski definition) is 4. The second-order valence-electron chi connectivity index (χ2n) is 8.03. The highest BCUT2D eigenvalue weighted by Gasteiger charge is 2.29. The molecule has 0 aliphatic carbocycles. The lowest BCUT2D eigenvalue weighted by atomic mass is 9.91. The Bertz CT molecular complexity index is 1060. The Morgan fingerprint density at radius 2 is 2.00 bits per heavy atom. The third kappa shape index (κ3) is 3.75. The van der Waals surface area contributed by atoms with Crippen molar-refractivity contribution in [2.75, 3.05) is 13.1 Å². The van der Waals surface area contributed by atoms with E-state index < -0.39 is 0 Å². The van der Waals surface area contributed by atoms with Gasteiger partial charge in [-0.25, -0.2) is 9.97 Å². The summed E-state index contributed by atoms with van der Waals surface area (Å²) < 4.78 is 2.08. The number of piperidine rings is 1. The number of nitrogens with zero attached hydrogens (tertiary/aromatic N) is 4. The van der Waals surface area contributed by atoms with E-state index in [4.69, 9.17) is 0 Å². The summed E-state index contributed by atoms with van der Waals surface area (Å²) in [6, 6.07) is 12.1. The normalized spacial score (nSPS) is 16.7. The molecule has 30 heavy (non-hydrogen) atoms. The maximum absolute atomic E-state index is 13.4. The number of aliphatic hydroxyl groups excluding tert-OH is 1. The minimum atomic E-state index is -0.0850. The van der Waals surface area contributed by atoms with Gasteiger partial charge < -0.3 is 14.6 Å². The molecule has 1 unspecified atom stereocenters. The molecule has 1 aliphatic heterocycles. The number of amides is 1. The van der Waals surface area contributed by atoms with Crippen molar-refractivity contribution in [1.82, 2.24) is 19.4 Å². The van der Waals surface area contributed by atoms with Crippen molar-refractivity contribution in [2.45, 2.75) is 39.2 Å². The zero-order valence-electron chi connectivity index (χ0n) is 17.8. The number of aromatic nitrogens is 3. The highest BCUT2D eigenvalue weighted by Crippen LogP contribution is 2.31. The molecular formula is C24H28N4O2. The summed E-state index contributed by atoms with van der Waals surface area (Å²) in [5.74, 6) is 0.868. The monoisotopic (exact) mass is 404 g/mol. The van der Waals surface area contributed by atoms with Crippen LogP contribution in [0.2, 0.25) is 0 Å². The lowest BCUT2D eigenvalue weighted by Gasteiger charge is -2.33. The van der Waals surface area contributed by atoms with E-state index in [9.17, 15) is 9.90 Å². The SMILES string of the molecule is Cc1ncc(CO)c(C2CCCN(C(=O)c3cc(-c4ccccc4)n(C)c3C)C2)n1. The fraction of sp³-hybridized carbons (Fsp3) is 0.375. The van der Waals surface area contributed by atoms with E-state index in [2.05, 4.69) is 26.7 Å². The molecule has 0 spiro atoms. The molecule has 3 heterocycles. The predicted molar refractivity (Wildman–Crippen MR) is 116 cm³/mol. The maximum Gasteiger partial charge on any atom is 0.255 e. The molecule has 156 valence electrons. The molecule has 1 saturated heterocycles. The van der Waals surface area contributed by atoms with Crippen LogP contribution in [0.5, 0.6) is 0 Å². The van der Waals surface area contributed by atoms with Gasteiger partial charge in [0.15, 0.2) is 0 Å². The van der Waals surface area contributed by atoms with Crippen LogP contribution in [-0.2, 0) is 13.7 Å². The molecule has 1 fully saturated rings. The maximum atomic E-state index is 13.4. The molecule has 6 heteroatoms. The van der Waals surface area contributed by atoms with Gasteiger partial charge in [0.25, 0.3) is 5.91 Å². The van der Waals surface area contributed by atoms with Crippen LogP contribution < -0.4 is 0 Å². The summed E-state index contributed by atoms with van der Waals surface area (Å²) in [6.07, 6.45) is 3.57. The summed E-state index contributed by atoms with van der Waals surface area (Å²) in [5.41, 5.74) is 5.48. The van der Waals surface area contributed by atoms with Gasteiger partial charge in [0.05, 0.1) is 17.9 Å². The highest BCUT2D eigenvalue weighted by atomic mass is 16.3. The first-order valence-electron chi connectivity index (χ1n) is 10.4. The molecule has 1 aromatic carbocycles. The van der Waals surface area contributed by atoms with Gasteiger partial charge in [-0.15, -0.1) is 0 Å². The number of carbonyl (C=O) groups is 1. The number of aliphatic hydroxyl groups is 1. The average Bonchev–Trinajstić information content (AvgIpc) is 3.08. The smallest absolute Gasteiger partial charge is 0.255 e. The van der Waals surface area contributed by atoms with E-state index in [-0.39, 0.29) is 18.4 Å². The molecule has 0 saturated carbocycles. The Balaban J connectivity index is 1.61. The van der Waals surface area contributed by atoms with Crippen molar-refractivity contribution in [3.63, 3.8) is 0 Å². The van der Waals surface area contributed by atoms with Crippen LogP contribution in [-0.4, -0.2) is 43.5 Å². The third-order valence-electron chi connectivity index (χ3n) is 6.12. The van der Waals surface area contributed by atoms with Crippen LogP contribution >= 0.6 is 0 Å². The van der Waals surface area contributed by atoms with E-state index in [1.165, 1.54) is 0 Å². The Hall–Kier alpha value is -2.99. The van der Waals surface area contributed by atoms with Gasteiger partial charge in [0.1, 0.15) is 5.82 Å². The fourth-order valence-corrected chi connectivity index (χ4v) is 4.34. The van der Waals surface area contributed by atoms with Crippen molar-refractivity contribution in [1.29, 1.82) is 0 Å². The number of hydrogen-bond donors (Lipinski definition) is 1. The summed E-state index contributed by atoms with van der Waals surface area (Å²) in [4.78, 5) is 24.2. The van der Waals surface area contributed by atoms with Crippen molar-refractivity contribution < 1.29 is 9.90 Å². The Morgan fingerprint density at radius 3 is 2.73 bits per heavy atom. The number of likely N-dealkylation sites (tertiary alicyclic amines) is 1. The quantitative estimate of drug-likeness (QED) is 0.721. The summed E-state index contributed by atoms with van der Waals surface area (Å²) in [6.45, 7) is 5.12. The largest absolute Gasteiger partial charge is 0.392 e. The van der Waals surface area contributed by atoms with Gasteiger partial charge in [0, 0.05) is 49.2 Å². The summed E-state index contributed by atoms with van der Waals surface area (Å²) in [7, 11) is 2.00. The van der Waals surface area contributed by atoms with Gasteiger partial charge in [-0.05, 0) is 38.3 Å². The van der Waals surface area contributed by atoms with Gasteiger partial charge in [-0.1, -0.05) is 30.3 Å². The van der Waals surface area contributed by atoms with E-state index >= 15 is 0 Å². The minimum Gasteiger partial charge on any atom is -0.392 e. The zero-order chi connectivity index (χ0) is 21.3. The Morgan fingerprint density at radius 1 is 1.23 bits per heavy atom. The van der Waals surface area contributed by atoms with Gasteiger partial charge in [-0.3, -0.25) is 4.79 Å². The van der Waals surface area contributed by atoms with Crippen molar-refractivity contribution in [3.8, 4) is 11.3 Å². The van der Waals surface area contributed by atoms with Gasteiger partial charge >= 0.3 is 0 Å². The zero-order valence-corrected chi connectivity index (χ0v) is 17.8. The number of benzene rings is 1. The van der Waals surface area contributed by atoms with Crippen LogP contribution in [0.15, 0.2) is 42.6 Å². The van der Waals surface area contributed by atoms with Crippen molar-refractivity contribution >= 4 is 5.91 Å². The van der Waals surface area contributed by atoms with E-state index in [0.29, 0.717) is 12.4 Å². The highest BCUT2D eigenvalue weighted by molar-refractivity contribution is 5.97. The minimum absolute atomic E-state index is 0.0614. The standard InChI is InChI=1S/C24H28N4O2/c1-16-21(12-22(27(16)3)18-8-5-4-6-9-18)24(30)28-11-7-10-19(14-28)23-20(15-29)13-25-17(2)26-23/h4-6,8-9,12-13,19,29H,7,10-11,14-15H2,1-3H3. The Kier molecular flexibility index (Phi) is 5.68. The van der Waals surface area contributed by atoms with E-state index in [1.54, 1.807) is 6.20 Å². The summed E-state index contributed by atoms with van der Waals surface area (Å²) in [5, 5.41) is 9.71. The molecule has 3 aromatic rings. The molecular weight excluding hydrogens is 376 g/mol. The van der Waals surface area contributed by atoms with Crippen LogP contribution in [0.25, 0.3) is 11.3 Å². The first-order valence-corrected chi connectivity index (χ1v) is 10.4. The van der Waals surface area contributed by atoms with E-state index in [1.807, 2.05) is 50.1 Å². The van der Waals surface area contributed by atoms with Crippen molar-refractivity contribution in [2.24, 2.45) is 7.05 Å². The van der Waals surface area contributed by atoms with Crippen molar-refractivity contribution in [3.05, 3.63) is 70.9 Å². The summed E-state index contributed by atoms with van der Waals surface area (Å²) >= 11 is 0.